The van der Waals surface area contributed by atoms with Crippen LogP contribution in [0.3, 0.4) is 0 Å². The molecule has 0 aliphatic carbocycles. The highest BCUT2D eigenvalue weighted by atomic mass is 35.5. The number of halogens is 1. The number of amides is 2. The Kier molecular flexibility index (Phi) is 7.82. The predicted octanol–water partition coefficient (Wildman–Crippen LogP) is 3.25. The van der Waals surface area contributed by atoms with E-state index in [1.807, 2.05) is 61.5 Å². The van der Waals surface area contributed by atoms with Gasteiger partial charge < -0.3 is 15.5 Å². The first-order valence-corrected chi connectivity index (χ1v) is 9.13. The molecule has 2 amide bonds. The van der Waals surface area contributed by atoms with Gasteiger partial charge in [-0.05, 0) is 49.7 Å². The van der Waals surface area contributed by atoms with Gasteiger partial charge in [0.1, 0.15) is 0 Å². The van der Waals surface area contributed by atoms with Gasteiger partial charge in [-0.15, -0.1) is 12.4 Å². The van der Waals surface area contributed by atoms with Gasteiger partial charge in [0.15, 0.2) is 0 Å². The molecule has 0 radical (unpaired) electrons. The van der Waals surface area contributed by atoms with E-state index in [4.69, 9.17) is 0 Å². The molecule has 0 aromatic heterocycles. The topological polar surface area (TPSA) is 61.4 Å². The van der Waals surface area contributed by atoms with Gasteiger partial charge in [-0.25, -0.2) is 0 Å². The monoisotopic (exact) mass is 387 g/mol. The van der Waals surface area contributed by atoms with E-state index < -0.39 is 0 Å². The normalized spacial score (nSPS) is 15.7. The third kappa shape index (κ3) is 5.55. The van der Waals surface area contributed by atoms with Crippen LogP contribution in [-0.4, -0.2) is 31.4 Å². The summed E-state index contributed by atoms with van der Waals surface area (Å²) in [6.07, 6.45) is 1.22. The molecular weight excluding hydrogens is 362 g/mol. The Morgan fingerprint density at radius 2 is 1.81 bits per heavy atom. The summed E-state index contributed by atoms with van der Waals surface area (Å²) in [6, 6.07) is 17.2. The summed E-state index contributed by atoms with van der Waals surface area (Å²) in [6.45, 7) is 4.24. The Morgan fingerprint density at radius 3 is 2.41 bits per heavy atom. The summed E-state index contributed by atoms with van der Waals surface area (Å²) in [7, 11) is 0. The van der Waals surface area contributed by atoms with Crippen LogP contribution in [0.4, 0.5) is 11.4 Å². The molecule has 0 saturated carbocycles. The Labute approximate surface area is 166 Å². The number of nitrogens with zero attached hydrogens (tertiary/aromatic N) is 1. The smallest absolute Gasteiger partial charge is 0.231 e. The molecule has 1 atom stereocenters. The fourth-order valence-electron chi connectivity index (χ4n) is 3.21. The van der Waals surface area contributed by atoms with Crippen LogP contribution < -0.4 is 15.5 Å². The first-order valence-electron chi connectivity index (χ1n) is 9.13. The number of rotatable bonds is 6. The number of carbonyl (C=O) groups is 2. The minimum Gasteiger partial charge on any atom is -0.326 e. The molecule has 6 heteroatoms. The molecule has 1 unspecified atom stereocenters. The molecule has 1 fully saturated rings. The molecular formula is C21H26ClN3O2. The minimum absolute atomic E-state index is 0. The first kappa shape index (κ1) is 20.9. The second-order valence-electron chi connectivity index (χ2n) is 6.53. The van der Waals surface area contributed by atoms with Gasteiger partial charge >= 0.3 is 0 Å². The number of benzene rings is 2. The van der Waals surface area contributed by atoms with Crippen molar-refractivity contribution in [3.05, 3.63) is 60.2 Å². The van der Waals surface area contributed by atoms with Crippen molar-refractivity contribution in [2.75, 3.05) is 29.9 Å². The van der Waals surface area contributed by atoms with Crippen molar-refractivity contribution in [2.45, 2.75) is 19.8 Å². The zero-order valence-corrected chi connectivity index (χ0v) is 16.3. The zero-order chi connectivity index (χ0) is 18.4. The van der Waals surface area contributed by atoms with Crippen LogP contribution in [0.5, 0.6) is 0 Å². The second-order valence-corrected chi connectivity index (χ2v) is 6.53. The highest BCUT2D eigenvalue weighted by Crippen LogP contribution is 2.17. The summed E-state index contributed by atoms with van der Waals surface area (Å²) in [5, 5.41) is 6.15. The second kappa shape index (κ2) is 10.1. The van der Waals surface area contributed by atoms with Crippen LogP contribution in [0.2, 0.25) is 0 Å². The van der Waals surface area contributed by atoms with Crippen molar-refractivity contribution >= 4 is 35.6 Å². The van der Waals surface area contributed by atoms with E-state index in [0.29, 0.717) is 13.0 Å². The fraction of sp³-hybridized carbons (Fsp3) is 0.333. The molecule has 27 heavy (non-hydrogen) atoms. The number of hydrogen-bond donors (Lipinski definition) is 2. The van der Waals surface area contributed by atoms with E-state index in [-0.39, 0.29) is 30.1 Å². The molecule has 144 valence electrons. The Hall–Kier alpha value is -2.37. The highest BCUT2D eigenvalue weighted by Gasteiger charge is 2.22. The van der Waals surface area contributed by atoms with E-state index >= 15 is 0 Å². The number of likely N-dealkylation sites (N-methyl/N-ethyl adjacent to an activating group) is 1. The van der Waals surface area contributed by atoms with Gasteiger partial charge in [0, 0.05) is 24.5 Å². The number of anilines is 2. The first-order chi connectivity index (χ1) is 12.7. The summed E-state index contributed by atoms with van der Waals surface area (Å²) in [5.74, 6) is 0.160. The van der Waals surface area contributed by atoms with Crippen molar-refractivity contribution in [1.29, 1.82) is 0 Å². The maximum Gasteiger partial charge on any atom is 0.231 e. The van der Waals surface area contributed by atoms with Gasteiger partial charge in [0.05, 0.1) is 12.3 Å². The van der Waals surface area contributed by atoms with E-state index in [2.05, 4.69) is 10.6 Å². The van der Waals surface area contributed by atoms with E-state index in [1.54, 1.807) is 4.90 Å². The lowest BCUT2D eigenvalue weighted by molar-refractivity contribution is -0.119. The average Bonchev–Trinajstić information content (AvgIpc) is 3.20. The molecule has 1 aliphatic heterocycles. The van der Waals surface area contributed by atoms with Crippen LogP contribution in [0.1, 0.15) is 18.9 Å². The lowest BCUT2D eigenvalue weighted by atomic mass is 10.1. The largest absolute Gasteiger partial charge is 0.326 e. The van der Waals surface area contributed by atoms with E-state index in [0.717, 1.165) is 36.4 Å². The van der Waals surface area contributed by atoms with Crippen molar-refractivity contribution in [2.24, 2.45) is 5.92 Å². The third-order valence-corrected chi connectivity index (χ3v) is 4.69. The van der Waals surface area contributed by atoms with Gasteiger partial charge in [0.25, 0.3) is 0 Å². The van der Waals surface area contributed by atoms with Gasteiger partial charge in [-0.3, -0.25) is 9.59 Å². The lowest BCUT2D eigenvalue weighted by Gasteiger charge is -2.21. The van der Waals surface area contributed by atoms with Crippen LogP contribution in [0, 0.1) is 5.92 Å². The molecule has 3 rings (SSSR count). The summed E-state index contributed by atoms with van der Waals surface area (Å²) in [5.41, 5.74) is 2.62. The van der Waals surface area contributed by atoms with Gasteiger partial charge in [0.2, 0.25) is 11.8 Å². The number of nitrogens with one attached hydrogen (secondary N) is 2. The highest BCUT2D eigenvalue weighted by molar-refractivity contribution is 5.95. The van der Waals surface area contributed by atoms with Crippen molar-refractivity contribution < 1.29 is 9.59 Å². The molecule has 1 heterocycles. The van der Waals surface area contributed by atoms with Crippen LogP contribution in [-0.2, 0) is 16.0 Å². The van der Waals surface area contributed by atoms with Crippen molar-refractivity contribution in [1.82, 2.24) is 5.32 Å². The maximum absolute atomic E-state index is 12.6. The van der Waals surface area contributed by atoms with Gasteiger partial charge in [-0.1, -0.05) is 30.3 Å². The van der Waals surface area contributed by atoms with Gasteiger partial charge in [-0.2, -0.15) is 0 Å². The zero-order valence-electron chi connectivity index (χ0n) is 15.5. The molecule has 2 aromatic carbocycles. The summed E-state index contributed by atoms with van der Waals surface area (Å²) < 4.78 is 0. The lowest BCUT2D eigenvalue weighted by Crippen LogP contribution is -2.31. The van der Waals surface area contributed by atoms with Crippen LogP contribution in [0.25, 0.3) is 0 Å². The summed E-state index contributed by atoms with van der Waals surface area (Å²) >= 11 is 0. The molecule has 5 nitrogen and oxygen atoms in total. The molecule has 0 bridgehead atoms. The average molecular weight is 388 g/mol. The Morgan fingerprint density at radius 1 is 1.11 bits per heavy atom. The quantitative estimate of drug-likeness (QED) is 0.799. The number of para-hydroxylation sites is 1. The van der Waals surface area contributed by atoms with Crippen LogP contribution >= 0.6 is 12.4 Å². The predicted molar refractivity (Wildman–Crippen MR) is 111 cm³/mol. The summed E-state index contributed by atoms with van der Waals surface area (Å²) in [4.78, 5) is 26.6. The SMILES string of the molecule is CCN(C(=O)Cc1ccc(NC(=O)C2CCNC2)cc1)c1ccccc1.Cl. The molecule has 2 N–H and O–H groups in total. The fourth-order valence-corrected chi connectivity index (χ4v) is 3.21. The Bertz CT molecular complexity index is 744. The number of hydrogen-bond acceptors (Lipinski definition) is 3. The van der Waals surface area contributed by atoms with Crippen molar-refractivity contribution in [3.63, 3.8) is 0 Å². The Balaban J connectivity index is 0.00000261. The standard InChI is InChI=1S/C21H25N3O2.ClH/c1-2-24(19-6-4-3-5-7-19)20(25)14-16-8-10-18(11-9-16)23-21(26)17-12-13-22-15-17;/h3-11,17,22H,2,12-15H2,1H3,(H,23,26);1H. The van der Waals surface area contributed by atoms with Crippen LogP contribution in [0.15, 0.2) is 54.6 Å². The minimum atomic E-state index is 0. The molecule has 1 aliphatic rings. The molecule has 1 saturated heterocycles. The van der Waals surface area contributed by atoms with Crippen molar-refractivity contribution in [3.8, 4) is 0 Å². The van der Waals surface area contributed by atoms with E-state index in [9.17, 15) is 9.59 Å². The molecule has 0 spiro atoms. The van der Waals surface area contributed by atoms with E-state index in [1.165, 1.54) is 0 Å². The third-order valence-electron chi connectivity index (χ3n) is 4.69. The molecule has 2 aromatic rings. The maximum atomic E-state index is 12.6. The number of carbonyl (C=O) groups excluding carboxylic acids is 2.